The fourth-order valence-electron chi connectivity index (χ4n) is 2.07. The van der Waals surface area contributed by atoms with Gasteiger partial charge in [-0.25, -0.2) is 14.7 Å². The van der Waals surface area contributed by atoms with Crippen LogP contribution in [0.1, 0.15) is 15.9 Å². The number of ether oxygens (including phenoxy) is 1. The molecule has 0 radical (unpaired) electrons. The first-order chi connectivity index (χ1) is 13.4. The molecule has 0 spiro atoms. The van der Waals surface area contributed by atoms with E-state index in [4.69, 9.17) is 14.8 Å². The summed E-state index contributed by atoms with van der Waals surface area (Å²) in [4.78, 5) is 28.3. The zero-order valence-corrected chi connectivity index (χ0v) is 16.9. The summed E-state index contributed by atoms with van der Waals surface area (Å²) < 4.78 is 19.6. The standard InChI is InChI=1S/C18H16FIN4O4/c1-22-18(26)27-6-7-28-24-17(25)13-4-2-11(10-21)8-16(13)23-15-5-3-12(20)9-14(15)19/h2-5,8-9,23H,6-7H2,1H3,(H,22,26)(H,24,25). The molecule has 10 heteroatoms. The number of nitrogens with zero attached hydrogens (tertiary/aromatic N) is 1. The van der Waals surface area contributed by atoms with Gasteiger partial charge in [-0.2, -0.15) is 5.26 Å². The minimum Gasteiger partial charge on any atom is -0.447 e. The molecule has 0 heterocycles. The number of hydrogen-bond donors (Lipinski definition) is 3. The van der Waals surface area contributed by atoms with Gasteiger partial charge in [-0.05, 0) is 59.0 Å². The molecule has 0 aromatic heterocycles. The summed E-state index contributed by atoms with van der Waals surface area (Å²) in [5, 5.41) is 14.2. The van der Waals surface area contributed by atoms with Gasteiger partial charge in [0.15, 0.2) is 0 Å². The lowest BCUT2D eigenvalue weighted by Gasteiger charge is -2.13. The fraction of sp³-hybridized carbons (Fsp3) is 0.167. The van der Waals surface area contributed by atoms with E-state index in [0.29, 0.717) is 5.56 Å². The predicted molar refractivity (Wildman–Crippen MR) is 107 cm³/mol. The van der Waals surface area contributed by atoms with E-state index < -0.39 is 17.8 Å². The lowest BCUT2D eigenvalue weighted by molar-refractivity contribution is 0.0129. The Bertz CT molecular complexity index is 917. The molecule has 0 bridgehead atoms. The number of amides is 2. The highest BCUT2D eigenvalue weighted by Gasteiger charge is 2.14. The highest BCUT2D eigenvalue weighted by atomic mass is 127. The maximum atomic E-state index is 14.1. The van der Waals surface area contributed by atoms with Crippen LogP contribution < -0.4 is 16.1 Å². The number of carbonyl (C=O) groups excluding carboxylic acids is 2. The van der Waals surface area contributed by atoms with E-state index in [1.807, 2.05) is 28.7 Å². The monoisotopic (exact) mass is 498 g/mol. The molecule has 3 N–H and O–H groups in total. The average molecular weight is 498 g/mol. The average Bonchev–Trinajstić information content (AvgIpc) is 2.69. The molecule has 2 rings (SSSR count). The summed E-state index contributed by atoms with van der Waals surface area (Å²) in [6, 6.07) is 10.9. The van der Waals surface area contributed by atoms with Crippen molar-refractivity contribution in [3.63, 3.8) is 0 Å². The van der Waals surface area contributed by atoms with Crippen molar-refractivity contribution in [2.45, 2.75) is 0 Å². The van der Waals surface area contributed by atoms with E-state index >= 15 is 0 Å². The molecular formula is C18H16FIN4O4. The number of alkyl carbamates (subject to hydrolysis) is 1. The molecule has 0 aliphatic heterocycles. The second-order valence-corrected chi connectivity index (χ2v) is 6.53. The van der Waals surface area contributed by atoms with Gasteiger partial charge < -0.3 is 15.4 Å². The van der Waals surface area contributed by atoms with Gasteiger partial charge in [0.2, 0.25) is 0 Å². The number of hydrogen-bond acceptors (Lipinski definition) is 6. The van der Waals surface area contributed by atoms with E-state index in [1.54, 1.807) is 6.07 Å². The molecule has 2 aromatic rings. The Hall–Kier alpha value is -2.91. The van der Waals surface area contributed by atoms with Crippen LogP contribution in [0.3, 0.4) is 0 Å². The molecule has 0 saturated carbocycles. The van der Waals surface area contributed by atoms with Gasteiger partial charge in [-0.1, -0.05) is 0 Å². The number of benzene rings is 2. The van der Waals surface area contributed by atoms with Crippen molar-refractivity contribution in [2.75, 3.05) is 25.6 Å². The highest BCUT2D eigenvalue weighted by molar-refractivity contribution is 14.1. The Morgan fingerprint density at radius 2 is 1.96 bits per heavy atom. The van der Waals surface area contributed by atoms with Crippen LogP contribution in [-0.4, -0.2) is 32.3 Å². The van der Waals surface area contributed by atoms with Crippen LogP contribution in [0.5, 0.6) is 0 Å². The molecule has 0 aliphatic rings. The maximum absolute atomic E-state index is 14.1. The van der Waals surface area contributed by atoms with Crippen molar-refractivity contribution in [1.29, 1.82) is 5.26 Å². The third-order valence-corrected chi connectivity index (χ3v) is 4.05. The number of nitrogens with one attached hydrogen (secondary N) is 3. The minimum atomic E-state index is -0.618. The van der Waals surface area contributed by atoms with Gasteiger partial charge in [0.1, 0.15) is 19.0 Å². The van der Waals surface area contributed by atoms with Crippen molar-refractivity contribution in [3.05, 3.63) is 56.9 Å². The van der Waals surface area contributed by atoms with E-state index in [-0.39, 0.29) is 30.2 Å². The van der Waals surface area contributed by atoms with E-state index in [2.05, 4.69) is 16.1 Å². The smallest absolute Gasteiger partial charge is 0.406 e. The van der Waals surface area contributed by atoms with Crippen LogP contribution in [0.15, 0.2) is 36.4 Å². The Morgan fingerprint density at radius 1 is 1.18 bits per heavy atom. The lowest BCUT2D eigenvalue weighted by atomic mass is 10.1. The normalized spacial score (nSPS) is 9.93. The Kier molecular flexibility index (Phi) is 7.97. The molecule has 0 saturated heterocycles. The van der Waals surface area contributed by atoms with E-state index in [0.717, 1.165) is 3.57 Å². The van der Waals surface area contributed by atoms with Crippen molar-refractivity contribution in [2.24, 2.45) is 0 Å². The number of carbonyl (C=O) groups is 2. The predicted octanol–water partition coefficient (Wildman–Crippen LogP) is 3.06. The quantitative estimate of drug-likeness (QED) is 0.308. The van der Waals surface area contributed by atoms with Crippen LogP contribution in [0.25, 0.3) is 0 Å². The molecule has 0 unspecified atom stereocenters. The maximum Gasteiger partial charge on any atom is 0.406 e. The van der Waals surface area contributed by atoms with Crippen LogP contribution in [0, 0.1) is 20.7 Å². The molecular weight excluding hydrogens is 482 g/mol. The van der Waals surface area contributed by atoms with Crippen molar-refractivity contribution in [1.82, 2.24) is 10.8 Å². The first kappa shape index (κ1) is 21.4. The highest BCUT2D eigenvalue weighted by Crippen LogP contribution is 2.25. The molecule has 0 fully saturated rings. The molecule has 146 valence electrons. The van der Waals surface area contributed by atoms with Crippen molar-refractivity contribution < 1.29 is 23.6 Å². The molecule has 2 aromatic carbocycles. The Labute approximate surface area is 174 Å². The fourth-order valence-corrected chi connectivity index (χ4v) is 2.52. The first-order valence-electron chi connectivity index (χ1n) is 7.97. The molecule has 0 aliphatic carbocycles. The van der Waals surface area contributed by atoms with Crippen LogP contribution >= 0.6 is 22.6 Å². The lowest BCUT2D eigenvalue weighted by Crippen LogP contribution is -2.28. The number of halogens is 2. The SMILES string of the molecule is CNC(=O)OCCONC(=O)c1ccc(C#N)cc1Nc1ccc(I)cc1F. The Morgan fingerprint density at radius 3 is 2.64 bits per heavy atom. The summed E-state index contributed by atoms with van der Waals surface area (Å²) in [7, 11) is 1.42. The number of anilines is 2. The van der Waals surface area contributed by atoms with E-state index in [9.17, 15) is 14.0 Å². The zero-order chi connectivity index (χ0) is 20.5. The van der Waals surface area contributed by atoms with Gasteiger partial charge in [-0.3, -0.25) is 9.63 Å². The van der Waals surface area contributed by atoms with Crippen LogP contribution in [-0.2, 0) is 9.57 Å². The van der Waals surface area contributed by atoms with Crippen LogP contribution in [0.2, 0.25) is 0 Å². The van der Waals surface area contributed by atoms with Gasteiger partial charge in [0.25, 0.3) is 5.91 Å². The molecule has 28 heavy (non-hydrogen) atoms. The van der Waals surface area contributed by atoms with E-state index in [1.165, 1.54) is 37.4 Å². The van der Waals surface area contributed by atoms with Gasteiger partial charge in [-0.15, -0.1) is 0 Å². The summed E-state index contributed by atoms with van der Waals surface area (Å²) >= 11 is 1.98. The minimum absolute atomic E-state index is 0.0632. The first-order valence-corrected chi connectivity index (χ1v) is 9.05. The summed E-state index contributed by atoms with van der Waals surface area (Å²) in [6.45, 7) is -0.129. The number of nitriles is 1. The summed E-state index contributed by atoms with van der Waals surface area (Å²) in [5.74, 6) is -1.11. The van der Waals surface area contributed by atoms with Crippen LogP contribution in [0.4, 0.5) is 20.6 Å². The van der Waals surface area contributed by atoms with Gasteiger partial charge >= 0.3 is 6.09 Å². The number of hydroxylamine groups is 1. The van der Waals surface area contributed by atoms with Crippen molar-refractivity contribution in [3.8, 4) is 6.07 Å². The second kappa shape index (κ2) is 10.4. The Balaban J connectivity index is 2.10. The van der Waals surface area contributed by atoms with Crippen molar-refractivity contribution >= 4 is 46.0 Å². The summed E-state index contributed by atoms with van der Waals surface area (Å²) in [5.41, 5.74) is 3.04. The zero-order valence-electron chi connectivity index (χ0n) is 14.7. The topological polar surface area (TPSA) is 112 Å². The molecule has 8 nitrogen and oxygen atoms in total. The van der Waals surface area contributed by atoms with Gasteiger partial charge in [0.05, 0.1) is 28.6 Å². The molecule has 2 amide bonds. The molecule has 0 atom stereocenters. The third-order valence-electron chi connectivity index (χ3n) is 3.38. The third kappa shape index (κ3) is 6.07. The van der Waals surface area contributed by atoms with Gasteiger partial charge in [0, 0.05) is 10.6 Å². The number of rotatable bonds is 7. The second-order valence-electron chi connectivity index (χ2n) is 5.29. The largest absolute Gasteiger partial charge is 0.447 e. The summed E-state index contributed by atoms with van der Waals surface area (Å²) in [6.07, 6.45) is -0.618.